The first-order valence-electron chi connectivity index (χ1n) is 8.82. The Hall–Kier alpha value is -2.63. The van der Waals surface area contributed by atoms with Crippen LogP contribution in [0.3, 0.4) is 0 Å². The van der Waals surface area contributed by atoms with Crippen LogP contribution in [0.2, 0.25) is 0 Å². The van der Waals surface area contributed by atoms with Crippen LogP contribution in [-0.4, -0.2) is 41.0 Å². The smallest absolute Gasteiger partial charge is 0.276 e. The SMILES string of the molecule is O=C(NC1CC1)[C@@H]1CCCN(C(=O)c2cc(-c3ccccc3)on2)C1. The molecule has 0 spiro atoms. The second-order valence-electron chi connectivity index (χ2n) is 6.82. The maximum Gasteiger partial charge on any atom is 0.276 e. The molecule has 2 fully saturated rings. The van der Waals surface area contributed by atoms with Gasteiger partial charge in [0.1, 0.15) is 0 Å². The Morgan fingerprint density at radius 1 is 1.16 bits per heavy atom. The number of amides is 2. The van der Waals surface area contributed by atoms with Crippen molar-refractivity contribution in [3.05, 3.63) is 42.1 Å². The molecule has 0 radical (unpaired) electrons. The predicted molar refractivity (Wildman–Crippen MR) is 91.7 cm³/mol. The van der Waals surface area contributed by atoms with Crippen LogP contribution in [-0.2, 0) is 4.79 Å². The fraction of sp³-hybridized carbons (Fsp3) is 0.421. The van der Waals surface area contributed by atoms with Crippen molar-refractivity contribution in [2.45, 2.75) is 31.7 Å². The summed E-state index contributed by atoms with van der Waals surface area (Å²) >= 11 is 0. The highest BCUT2D eigenvalue weighted by Crippen LogP contribution is 2.24. The molecule has 2 aliphatic rings. The number of carbonyl (C=O) groups excluding carboxylic acids is 2. The summed E-state index contributed by atoms with van der Waals surface area (Å²) in [5.41, 5.74) is 1.18. The minimum Gasteiger partial charge on any atom is -0.355 e. The van der Waals surface area contributed by atoms with Gasteiger partial charge in [0.15, 0.2) is 11.5 Å². The third kappa shape index (κ3) is 3.57. The molecule has 2 amide bonds. The Morgan fingerprint density at radius 3 is 2.72 bits per heavy atom. The van der Waals surface area contributed by atoms with E-state index in [1.54, 1.807) is 11.0 Å². The van der Waals surface area contributed by atoms with Crippen molar-refractivity contribution in [3.8, 4) is 11.3 Å². The van der Waals surface area contributed by atoms with E-state index in [1.165, 1.54) is 0 Å². The van der Waals surface area contributed by atoms with Gasteiger partial charge < -0.3 is 14.7 Å². The van der Waals surface area contributed by atoms with Crippen molar-refractivity contribution in [3.63, 3.8) is 0 Å². The van der Waals surface area contributed by atoms with Crippen LogP contribution in [0.5, 0.6) is 0 Å². The topological polar surface area (TPSA) is 75.4 Å². The lowest BCUT2D eigenvalue weighted by molar-refractivity contribution is -0.126. The highest BCUT2D eigenvalue weighted by molar-refractivity contribution is 5.93. The molecule has 1 aliphatic heterocycles. The number of benzene rings is 1. The van der Waals surface area contributed by atoms with Gasteiger partial charge in [-0.1, -0.05) is 35.5 Å². The molecule has 1 atom stereocenters. The zero-order chi connectivity index (χ0) is 17.2. The number of nitrogens with zero attached hydrogens (tertiary/aromatic N) is 2. The van der Waals surface area contributed by atoms with Gasteiger partial charge in [-0.2, -0.15) is 0 Å². The molecule has 0 bridgehead atoms. The lowest BCUT2D eigenvalue weighted by atomic mass is 9.96. The van der Waals surface area contributed by atoms with Crippen molar-refractivity contribution in [1.82, 2.24) is 15.4 Å². The van der Waals surface area contributed by atoms with E-state index in [9.17, 15) is 9.59 Å². The van der Waals surface area contributed by atoms with Crippen molar-refractivity contribution >= 4 is 11.8 Å². The molecule has 1 saturated heterocycles. The average molecular weight is 339 g/mol. The van der Waals surface area contributed by atoms with Gasteiger partial charge in [-0.15, -0.1) is 0 Å². The summed E-state index contributed by atoms with van der Waals surface area (Å²) in [6, 6.07) is 11.6. The molecule has 130 valence electrons. The number of hydrogen-bond acceptors (Lipinski definition) is 4. The van der Waals surface area contributed by atoms with Crippen LogP contribution in [0.4, 0.5) is 0 Å². The summed E-state index contributed by atoms with van der Waals surface area (Å²) in [4.78, 5) is 26.7. The third-order valence-corrected chi connectivity index (χ3v) is 4.79. The van der Waals surface area contributed by atoms with Crippen LogP contribution in [0.15, 0.2) is 40.9 Å². The van der Waals surface area contributed by atoms with E-state index in [4.69, 9.17) is 4.52 Å². The van der Waals surface area contributed by atoms with Gasteiger partial charge in [0.25, 0.3) is 5.91 Å². The molecule has 25 heavy (non-hydrogen) atoms. The largest absolute Gasteiger partial charge is 0.355 e. The summed E-state index contributed by atoms with van der Waals surface area (Å²) in [5.74, 6) is 0.350. The Morgan fingerprint density at radius 2 is 1.96 bits per heavy atom. The molecule has 1 aromatic heterocycles. The Bertz CT molecular complexity index is 767. The molecule has 1 N–H and O–H groups in total. The van der Waals surface area contributed by atoms with Crippen LogP contribution in [0.1, 0.15) is 36.2 Å². The van der Waals surface area contributed by atoms with Gasteiger partial charge in [0, 0.05) is 30.8 Å². The number of likely N-dealkylation sites (tertiary alicyclic amines) is 1. The van der Waals surface area contributed by atoms with Crippen molar-refractivity contribution in [2.75, 3.05) is 13.1 Å². The summed E-state index contributed by atoms with van der Waals surface area (Å²) < 4.78 is 5.32. The quantitative estimate of drug-likeness (QED) is 0.928. The zero-order valence-electron chi connectivity index (χ0n) is 14.0. The van der Waals surface area contributed by atoms with E-state index < -0.39 is 0 Å². The second-order valence-corrected chi connectivity index (χ2v) is 6.82. The van der Waals surface area contributed by atoms with Gasteiger partial charge >= 0.3 is 0 Å². The summed E-state index contributed by atoms with van der Waals surface area (Å²) in [6.07, 6.45) is 3.80. The minimum atomic E-state index is -0.171. The lowest BCUT2D eigenvalue weighted by Gasteiger charge is -2.31. The molecule has 0 unspecified atom stereocenters. The normalized spacial score (nSPS) is 20.3. The van der Waals surface area contributed by atoms with Crippen LogP contribution >= 0.6 is 0 Å². The molecular weight excluding hydrogens is 318 g/mol. The molecule has 1 saturated carbocycles. The highest BCUT2D eigenvalue weighted by atomic mass is 16.5. The fourth-order valence-electron chi connectivity index (χ4n) is 3.20. The summed E-state index contributed by atoms with van der Waals surface area (Å²) in [6.45, 7) is 1.10. The van der Waals surface area contributed by atoms with E-state index in [2.05, 4.69) is 10.5 Å². The monoisotopic (exact) mass is 339 g/mol. The minimum absolute atomic E-state index is 0.0742. The lowest BCUT2D eigenvalue weighted by Crippen LogP contribution is -2.46. The van der Waals surface area contributed by atoms with E-state index in [-0.39, 0.29) is 17.7 Å². The number of rotatable bonds is 4. The third-order valence-electron chi connectivity index (χ3n) is 4.79. The Labute approximate surface area is 146 Å². The van der Waals surface area contributed by atoms with Crippen molar-refractivity contribution in [1.29, 1.82) is 0 Å². The molecule has 6 nitrogen and oxygen atoms in total. The Kier molecular flexibility index (Phi) is 4.26. The van der Waals surface area contributed by atoms with Crippen molar-refractivity contribution < 1.29 is 14.1 Å². The molecule has 2 aromatic rings. The molecule has 1 aromatic carbocycles. The fourth-order valence-corrected chi connectivity index (χ4v) is 3.20. The average Bonchev–Trinajstić information content (AvgIpc) is 3.34. The molecule has 6 heteroatoms. The standard InChI is InChI=1S/C19H21N3O3/c23-18(20-15-8-9-15)14-7-4-10-22(12-14)19(24)16-11-17(25-21-16)13-5-2-1-3-6-13/h1-3,5-6,11,14-15H,4,7-10,12H2,(H,20,23)/t14-/m1/s1. The Balaban J connectivity index is 1.43. The van der Waals surface area contributed by atoms with Crippen molar-refractivity contribution in [2.24, 2.45) is 5.92 Å². The van der Waals surface area contributed by atoms with E-state index in [0.29, 0.717) is 30.6 Å². The maximum atomic E-state index is 12.7. The van der Waals surface area contributed by atoms with Crippen LogP contribution < -0.4 is 5.32 Å². The number of nitrogens with one attached hydrogen (secondary N) is 1. The predicted octanol–water partition coefficient (Wildman–Crippen LogP) is 2.47. The zero-order valence-corrected chi connectivity index (χ0v) is 14.0. The van der Waals surface area contributed by atoms with E-state index >= 15 is 0 Å². The van der Waals surface area contributed by atoms with Gasteiger partial charge in [0.2, 0.25) is 5.91 Å². The molecule has 1 aliphatic carbocycles. The van der Waals surface area contributed by atoms with E-state index in [0.717, 1.165) is 31.2 Å². The van der Waals surface area contributed by atoms with Gasteiger partial charge in [-0.3, -0.25) is 9.59 Å². The van der Waals surface area contributed by atoms with E-state index in [1.807, 2.05) is 30.3 Å². The summed E-state index contributed by atoms with van der Waals surface area (Å²) in [5, 5.41) is 6.97. The van der Waals surface area contributed by atoms with Gasteiger partial charge in [-0.25, -0.2) is 0 Å². The number of aromatic nitrogens is 1. The molecule has 4 rings (SSSR count). The molecule has 2 heterocycles. The first-order chi connectivity index (χ1) is 12.2. The summed E-state index contributed by atoms with van der Waals surface area (Å²) in [7, 11) is 0. The number of carbonyl (C=O) groups is 2. The maximum absolute atomic E-state index is 12.7. The van der Waals surface area contributed by atoms with Gasteiger partial charge in [0.05, 0.1) is 5.92 Å². The molecular formula is C19H21N3O3. The van der Waals surface area contributed by atoms with Crippen LogP contribution in [0, 0.1) is 5.92 Å². The number of piperidine rings is 1. The second kappa shape index (κ2) is 6.70. The highest BCUT2D eigenvalue weighted by Gasteiger charge is 2.33. The van der Waals surface area contributed by atoms with Gasteiger partial charge in [-0.05, 0) is 25.7 Å². The first-order valence-corrected chi connectivity index (χ1v) is 8.82. The number of hydrogen-bond donors (Lipinski definition) is 1. The first kappa shape index (κ1) is 15.9. The van der Waals surface area contributed by atoms with Crippen LogP contribution in [0.25, 0.3) is 11.3 Å².